The minimum Gasteiger partial charge on any atom is -0.487 e. The summed E-state index contributed by atoms with van der Waals surface area (Å²) in [6, 6.07) is 2.28. The smallest absolute Gasteiger partial charge is 0.433 e. The van der Waals surface area contributed by atoms with E-state index in [-0.39, 0.29) is 23.7 Å². The molecule has 124 valence electrons. The Bertz CT molecular complexity index is 610. The van der Waals surface area contributed by atoms with Crippen LogP contribution in [0.25, 0.3) is 0 Å². The molecule has 1 aliphatic heterocycles. The number of pyridine rings is 1. The van der Waals surface area contributed by atoms with Crippen molar-refractivity contribution in [2.75, 3.05) is 13.1 Å². The van der Waals surface area contributed by atoms with Gasteiger partial charge in [0.25, 0.3) is 0 Å². The second-order valence-corrected chi connectivity index (χ2v) is 5.84. The Kier molecular flexibility index (Phi) is 4.28. The van der Waals surface area contributed by atoms with E-state index >= 15 is 0 Å². The van der Waals surface area contributed by atoms with Gasteiger partial charge in [0.05, 0.1) is 13.1 Å². The molecule has 7 heteroatoms. The Labute approximate surface area is 131 Å². The first-order chi connectivity index (χ1) is 10.9. The number of likely N-dealkylation sites (tertiary alicyclic amines) is 1. The molecular weight excluding hydrogens is 309 g/mol. The van der Waals surface area contributed by atoms with Gasteiger partial charge in [0, 0.05) is 18.2 Å². The largest absolute Gasteiger partial charge is 0.487 e. The van der Waals surface area contributed by atoms with E-state index in [4.69, 9.17) is 4.74 Å². The number of allylic oxidation sites excluding steroid dienone is 2. The van der Waals surface area contributed by atoms with Crippen molar-refractivity contribution in [1.29, 1.82) is 0 Å². The molecule has 1 amide bonds. The minimum atomic E-state index is -4.49. The third kappa shape index (κ3) is 3.65. The van der Waals surface area contributed by atoms with Gasteiger partial charge in [-0.3, -0.25) is 9.78 Å². The lowest BCUT2D eigenvalue weighted by Crippen LogP contribution is -2.57. The van der Waals surface area contributed by atoms with Crippen molar-refractivity contribution in [3.05, 3.63) is 36.2 Å². The van der Waals surface area contributed by atoms with Crippen LogP contribution in [0.15, 0.2) is 30.5 Å². The summed E-state index contributed by atoms with van der Waals surface area (Å²) in [5.41, 5.74) is -0.976. The zero-order chi connectivity index (χ0) is 16.4. The van der Waals surface area contributed by atoms with Gasteiger partial charge in [-0.05, 0) is 25.3 Å². The van der Waals surface area contributed by atoms with E-state index in [9.17, 15) is 18.0 Å². The maximum absolute atomic E-state index is 12.6. The van der Waals surface area contributed by atoms with Crippen LogP contribution in [-0.2, 0) is 11.0 Å². The van der Waals surface area contributed by atoms with Gasteiger partial charge in [-0.25, -0.2) is 0 Å². The molecule has 0 saturated carbocycles. The molecule has 1 fully saturated rings. The van der Waals surface area contributed by atoms with Crippen LogP contribution in [0.4, 0.5) is 13.2 Å². The standard InChI is InChI=1S/C16H17F3N2O2/c17-16(18,19)14-8-12(6-7-20-14)23-13-9-21(10-13)15(22)11-4-2-1-3-5-11/h1-2,6-8,11,13H,3-5,9-10H2. The summed E-state index contributed by atoms with van der Waals surface area (Å²) in [5.74, 6) is 0.267. The van der Waals surface area contributed by atoms with Crippen LogP contribution in [0.3, 0.4) is 0 Å². The predicted octanol–water partition coefficient (Wildman–Crippen LogP) is 3.05. The molecule has 0 radical (unpaired) electrons. The van der Waals surface area contributed by atoms with Gasteiger partial charge >= 0.3 is 6.18 Å². The summed E-state index contributed by atoms with van der Waals surface area (Å²) in [4.78, 5) is 17.2. The van der Waals surface area contributed by atoms with E-state index < -0.39 is 11.9 Å². The van der Waals surface area contributed by atoms with Gasteiger partial charge in [-0.1, -0.05) is 12.2 Å². The number of alkyl halides is 3. The minimum absolute atomic E-state index is 0.0266. The van der Waals surface area contributed by atoms with Crippen LogP contribution in [0.2, 0.25) is 0 Å². The summed E-state index contributed by atoms with van der Waals surface area (Å²) >= 11 is 0. The molecule has 1 aromatic heterocycles. The zero-order valence-corrected chi connectivity index (χ0v) is 12.4. The number of hydrogen-bond acceptors (Lipinski definition) is 3. The van der Waals surface area contributed by atoms with Gasteiger partial charge in [0.15, 0.2) is 0 Å². The van der Waals surface area contributed by atoms with Crippen LogP contribution in [0, 0.1) is 5.92 Å². The van der Waals surface area contributed by atoms with Crippen LogP contribution < -0.4 is 4.74 Å². The van der Waals surface area contributed by atoms with E-state index in [1.165, 1.54) is 6.07 Å². The summed E-state index contributed by atoms with van der Waals surface area (Å²) in [6.07, 6.45) is 2.96. The van der Waals surface area contributed by atoms with E-state index in [2.05, 4.69) is 11.1 Å². The van der Waals surface area contributed by atoms with E-state index in [1.807, 2.05) is 6.08 Å². The lowest BCUT2D eigenvalue weighted by atomic mass is 9.92. The number of aromatic nitrogens is 1. The van der Waals surface area contributed by atoms with Crippen LogP contribution in [0.5, 0.6) is 5.75 Å². The summed E-state index contributed by atoms with van der Waals surface area (Å²) < 4.78 is 43.3. The van der Waals surface area contributed by atoms with E-state index in [0.717, 1.165) is 31.5 Å². The predicted molar refractivity (Wildman–Crippen MR) is 76.7 cm³/mol. The molecule has 3 rings (SSSR count). The fourth-order valence-electron chi connectivity index (χ4n) is 2.80. The first-order valence-corrected chi connectivity index (χ1v) is 7.57. The highest BCUT2D eigenvalue weighted by atomic mass is 19.4. The third-order valence-electron chi connectivity index (χ3n) is 4.10. The zero-order valence-electron chi connectivity index (χ0n) is 12.4. The average molecular weight is 326 g/mol. The van der Waals surface area contributed by atoms with Crippen molar-refractivity contribution >= 4 is 5.91 Å². The van der Waals surface area contributed by atoms with Crippen LogP contribution in [0.1, 0.15) is 25.0 Å². The second-order valence-electron chi connectivity index (χ2n) is 5.84. The quantitative estimate of drug-likeness (QED) is 0.802. The molecule has 1 atom stereocenters. The Balaban J connectivity index is 1.52. The Hall–Kier alpha value is -2.05. The van der Waals surface area contributed by atoms with E-state index in [0.29, 0.717) is 13.1 Å². The maximum atomic E-state index is 12.6. The van der Waals surface area contributed by atoms with Crippen molar-refractivity contribution in [1.82, 2.24) is 9.88 Å². The summed E-state index contributed by atoms with van der Waals surface area (Å²) in [5, 5.41) is 0. The molecule has 0 bridgehead atoms. The Morgan fingerprint density at radius 2 is 2.09 bits per heavy atom. The van der Waals surface area contributed by atoms with Crippen molar-refractivity contribution in [2.45, 2.75) is 31.5 Å². The van der Waals surface area contributed by atoms with Crippen molar-refractivity contribution < 1.29 is 22.7 Å². The SMILES string of the molecule is O=C(C1CC=CCC1)N1CC(Oc2ccnc(C(F)(F)F)c2)C1. The first kappa shape index (κ1) is 15.8. The van der Waals surface area contributed by atoms with E-state index in [1.54, 1.807) is 4.90 Å². The number of ether oxygens (including phenoxy) is 1. The molecule has 1 aliphatic carbocycles. The second kappa shape index (κ2) is 6.22. The molecule has 1 saturated heterocycles. The summed E-state index contributed by atoms with van der Waals surface area (Å²) in [6.45, 7) is 0.839. The maximum Gasteiger partial charge on any atom is 0.433 e. The summed E-state index contributed by atoms with van der Waals surface area (Å²) in [7, 11) is 0. The molecule has 2 aliphatic rings. The van der Waals surface area contributed by atoms with Gasteiger partial charge in [0.2, 0.25) is 5.91 Å². The number of rotatable bonds is 3. The monoisotopic (exact) mass is 326 g/mol. The molecule has 23 heavy (non-hydrogen) atoms. The third-order valence-corrected chi connectivity index (χ3v) is 4.10. The number of amides is 1. The van der Waals surface area contributed by atoms with Crippen molar-refractivity contribution in [3.63, 3.8) is 0 Å². The Morgan fingerprint density at radius 3 is 2.74 bits per heavy atom. The first-order valence-electron chi connectivity index (χ1n) is 7.57. The number of halogens is 3. The van der Waals surface area contributed by atoms with Crippen LogP contribution in [-0.4, -0.2) is 35.0 Å². The molecular formula is C16H17F3N2O2. The van der Waals surface area contributed by atoms with Gasteiger partial charge in [-0.15, -0.1) is 0 Å². The highest BCUT2D eigenvalue weighted by molar-refractivity contribution is 5.80. The molecule has 0 aromatic carbocycles. The van der Waals surface area contributed by atoms with Gasteiger partial charge < -0.3 is 9.64 Å². The van der Waals surface area contributed by atoms with Crippen molar-refractivity contribution in [3.8, 4) is 5.75 Å². The Morgan fingerprint density at radius 1 is 1.30 bits per heavy atom. The van der Waals surface area contributed by atoms with Crippen LogP contribution >= 0.6 is 0 Å². The molecule has 0 spiro atoms. The van der Waals surface area contributed by atoms with Gasteiger partial charge in [0.1, 0.15) is 17.5 Å². The highest BCUT2D eigenvalue weighted by Crippen LogP contribution is 2.30. The normalized spacial score (nSPS) is 21.9. The fraction of sp³-hybridized carbons (Fsp3) is 0.500. The average Bonchev–Trinajstić information content (AvgIpc) is 2.50. The number of carbonyl (C=O) groups is 1. The van der Waals surface area contributed by atoms with Gasteiger partial charge in [-0.2, -0.15) is 13.2 Å². The fourth-order valence-corrected chi connectivity index (χ4v) is 2.80. The molecule has 1 unspecified atom stereocenters. The number of carbonyl (C=O) groups excluding carboxylic acids is 1. The lowest BCUT2D eigenvalue weighted by Gasteiger charge is -2.41. The number of nitrogens with zero attached hydrogens (tertiary/aromatic N) is 2. The molecule has 4 nitrogen and oxygen atoms in total. The van der Waals surface area contributed by atoms with Crippen molar-refractivity contribution in [2.24, 2.45) is 5.92 Å². The molecule has 0 N–H and O–H groups in total. The highest BCUT2D eigenvalue weighted by Gasteiger charge is 2.36. The molecule has 1 aromatic rings. The number of hydrogen-bond donors (Lipinski definition) is 0. The lowest BCUT2D eigenvalue weighted by molar-refractivity contribution is -0.144. The topological polar surface area (TPSA) is 42.4 Å². The molecule has 2 heterocycles.